The van der Waals surface area contributed by atoms with E-state index in [4.69, 9.17) is 5.14 Å². The largest absolute Gasteiger partial charge is 0.308 e. The Balaban J connectivity index is 2.05. The van der Waals surface area contributed by atoms with E-state index in [1.54, 1.807) is 12.1 Å². The number of sulfonamides is 1. The maximum Gasteiger partial charge on any atom is 0.238 e. The van der Waals surface area contributed by atoms with E-state index in [-0.39, 0.29) is 16.5 Å². The zero-order valence-electron chi connectivity index (χ0n) is 13.0. The van der Waals surface area contributed by atoms with Gasteiger partial charge in [0.05, 0.1) is 4.90 Å². The number of rotatable bonds is 6. The van der Waals surface area contributed by atoms with Crippen LogP contribution >= 0.6 is 0 Å². The third-order valence-corrected chi connectivity index (χ3v) is 5.57. The van der Waals surface area contributed by atoms with Gasteiger partial charge in [-0.15, -0.1) is 0 Å². The molecule has 1 fully saturated rings. The Morgan fingerprint density at radius 1 is 1.38 bits per heavy atom. The first kappa shape index (κ1) is 16.4. The molecular weight excluding hydrogens is 286 g/mol. The van der Waals surface area contributed by atoms with E-state index in [1.807, 2.05) is 13.0 Å². The molecule has 1 unspecified atom stereocenters. The second kappa shape index (κ2) is 6.04. The number of benzene rings is 1. The Kier molecular flexibility index (Phi) is 4.72. The van der Waals surface area contributed by atoms with Gasteiger partial charge >= 0.3 is 0 Å². The van der Waals surface area contributed by atoms with E-state index in [1.165, 1.54) is 25.3 Å². The van der Waals surface area contributed by atoms with Crippen LogP contribution in [-0.2, 0) is 10.0 Å². The van der Waals surface area contributed by atoms with Crippen LogP contribution in [0, 0.1) is 0 Å². The fraction of sp³-hybridized carbons (Fsp3) is 0.600. The summed E-state index contributed by atoms with van der Waals surface area (Å²) in [4.78, 5) is 2.45. The number of nitrogens with two attached hydrogens (primary N) is 1. The number of hydrogen-bond acceptors (Lipinski definition) is 4. The van der Waals surface area contributed by atoms with Crippen molar-refractivity contribution in [3.63, 3.8) is 0 Å². The van der Waals surface area contributed by atoms with Crippen LogP contribution in [-0.4, -0.2) is 39.5 Å². The average molecular weight is 311 g/mol. The minimum absolute atomic E-state index is 0.0872. The smallest absolute Gasteiger partial charge is 0.238 e. The zero-order valence-corrected chi connectivity index (χ0v) is 13.8. The summed E-state index contributed by atoms with van der Waals surface area (Å²) >= 11 is 0. The third kappa shape index (κ3) is 3.63. The first-order valence-electron chi connectivity index (χ1n) is 7.28. The number of primary sulfonamides is 1. The van der Waals surface area contributed by atoms with Gasteiger partial charge in [0.1, 0.15) is 0 Å². The number of likely N-dealkylation sites (N-methyl/N-ethyl adjacent to an activating group) is 1. The van der Waals surface area contributed by atoms with Crippen molar-refractivity contribution < 1.29 is 8.42 Å². The summed E-state index contributed by atoms with van der Waals surface area (Å²) in [6.07, 6.45) is 3.68. The molecule has 1 saturated carbocycles. The highest BCUT2D eigenvalue weighted by Crippen LogP contribution is 2.36. The zero-order chi connectivity index (χ0) is 15.7. The van der Waals surface area contributed by atoms with Gasteiger partial charge in [-0.25, -0.2) is 13.6 Å². The van der Waals surface area contributed by atoms with Crippen molar-refractivity contribution >= 4 is 10.0 Å². The Bertz CT molecular complexity index is 595. The molecule has 5 nitrogen and oxygen atoms in total. The lowest BCUT2D eigenvalue weighted by molar-refractivity contribution is 0.0576. The molecule has 1 atom stereocenters. The third-order valence-electron chi connectivity index (χ3n) is 4.66. The summed E-state index contributed by atoms with van der Waals surface area (Å²) in [7, 11) is 0.591. The van der Waals surface area contributed by atoms with Gasteiger partial charge in [-0.2, -0.15) is 0 Å². The molecular formula is C15H25N3O2S. The molecule has 0 aromatic heterocycles. The van der Waals surface area contributed by atoms with Gasteiger partial charge in [-0.1, -0.05) is 12.1 Å². The van der Waals surface area contributed by atoms with Crippen molar-refractivity contribution in [1.29, 1.82) is 0 Å². The molecule has 0 heterocycles. The van der Waals surface area contributed by atoms with Crippen LogP contribution in [0.2, 0.25) is 0 Å². The van der Waals surface area contributed by atoms with Crippen LogP contribution in [0.15, 0.2) is 29.2 Å². The minimum Gasteiger partial charge on any atom is -0.308 e. The lowest BCUT2D eigenvalue weighted by Gasteiger charge is -2.48. The van der Waals surface area contributed by atoms with Crippen molar-refractivity contribution in [1.82, 2.24) is 10.2 Å². The summed E-state index contributed by atoms with van der Waals surface area (Å²) in [5.41, 5.74) is 1.18. The molecule has 118 valence electrons. The van der Waals surface area contributed by atoms with Crippen LogP contribution in [0.25, 0.3) is 0 Å². The molecule has 1 aromatic carbocycles. The van der Waals surface area contributed by atoms with Crippen LogP contribution in [0.1, 0.15) is 37.8 Å². The number of hydrogen-bond donors (Lipinski definition) is 2. The van der Waals surface area contributed by atoms with Crippen molar-refractivity contribution in [2.45, 2.75) is 42.7 Å². The van der Waals surface area contributed by atoms with Gasteiger partial charge < -0.3 is 10.2 Å². The van der Waals surface area contributed by atoms with Gasteiger partial charge in [0.25, 0.3) is 0 Å². The van der Waals surface area contributed by atoms with Crippen LogP contribution in [0.4, 0.5) is 0 Å². The van der Waals surface area contributed by atoms with Crippen LogP contribution < -0.4 is 10.5 Å². The van der Waals surface area contributed by atoms with E-state index >= 15 is 0 Å². The lowest BCUT2D eigenvalue weighted by Crippen LogP contribution is -2.56. The fourth-order valence-electron chi connectivity index (χ4n) is 2.79. The topological polar surface area (TPSA) is 75.4 Å². The number of nitrogens with one attached hydrogen (secondary N) is 1. The first-order valence-corrected chi connectivity index (χ1v) is 8.83. The molecule has 0 amide bonds. The van der Waals surface area contributed by atoms with Gasteiger partial charge in [-0.3, -0.25) is 0 Å². The molecule has 0 aliphatic heterocycles. The normalized spacial score (nSPS) is 19.3. The maximum atomic E-state index is 11.4. The summed E-state index contributed by atoms with van der Waals surface area (Å²) in [6.45, 7) is 2.95. The average Bonchev–Trinajstić information content (AvgIpc) is 2.36. The van der Waals surface area contributed by atoms with Crippen LogP contribution in [0.5, 0.6) is 0 Å². The molecule has 3 N–H and O–H groups in total. The molecule has 1 aromatic rings. The molecule has 0 radical (unpaired) electrons. The molecule has 21 heavy (non-hydrogen) atoms. The highest BCUT2D eigenvalue weighted by molar-refractivity contribution is 7.89. The Morgan fingerprint density at radius 2 is 2.05 bits per heavy atom. The highest BCUT2D eigenvalue weighted by Gasteiger charge is 2.38. The Morgan fingerprint density at radius 3 is 2.52 bits per heavy atom. The monoisotopic (exact) mass is 311 g/mol. The molecule has 0 bridgehead atoms. The van der Waals surface area contributed by atoms with Gasteiger partial charge in [0.15, 0.2) is 0 Å². The highest BCUT2D eigenvalue weighted by atomic mass is 32.2. The van der Waals surface area contributed by atoms with E-state index in [9.17, 15) is 8.42 Å². The molecule has 0 spiro atoms. The molecule has 0 saturated heterocycles. The molecule has 2 rings (SSSR count). The molecule has 6 heteroatoms. The molecule has 1 aliphatic carbocycles. The summed E-state index contributed by atoms with van der Waals surface area (Å²) in [6, 6.07) is 6.92. The SMILES string of the molecule is CC(NCC1(N(C)C)CCC1)c1cccc(S(N)(=O)=O)c1. The fourth-order valence-corrected chi connectivity index (χ4v) is 3.36. The first-order chi connectivity index (χ1) is 9.74. The summed E-state index contributed by atoms with van der Waals surface area (Å²) in [5, 5.41) is 8.71. The van der Waals surface area contributed by atoms with Crippen molar-refractivity contribution in [2.24, 2.45) is 5.14 Å². The second-order valence-corrected chi connectivity index (χ2v) is 7.75. The minimum atomic E-state index is -3.65. The van der Waals surface area contributed by atoms with Crippen molar-refractivity contribution in [3.8, 4) is 0 Å². The predicted octanol–water partition coefficient (Wildman–Crippen LogP) is 1.47. The maximum absolute atomic E-state index is 11.4. The summed E-state index contributed by atoms with van der Waals surface area (Å²) in [5.74, 6) is 0. The van der Waals surface area contributed by atoms with Crippen molar-refractivity contribution in [2.75, 3.05) is 20.6 Å². The molecule has 1 aliphatic rings. The van der Waals surface area contributed by atoms with Crippen LogP contribution in [0.3, 0.4) is 0 Å². The van der Waals surface area contributed by atoms with E-state index in [2.05, 4.69) is 24.3 Å². The van der Waals surface area contributed by atoms with E-state index < -0.39 is 10.0 Å². The Hall–Kier alpha value is -0.950. The second-order valence-electron chi connectivity index (χ2n) is 6.19. The standard InChI is InChI=1S/C15H25N3O2S/c1-12(17-11-15(18(2)3)8-5-9-15)13-6-4-7-14(10-13)21(16,19)20/h4,6-7,10,12,17H,5,8-9,11H2,1-3H3,(H2,16,19,20). The number of nitrogens with zero attached hydrogens (tertiary/aromatic N) is 1. The summed E-state index contributed by atoms with van der Waals surface area (Å²) < 4.78 is 22.8. The Labute approximate surface area is 127 Å². The van der Waals surface area contributed by atoms with Gasteiger partial charge in [0, 0.05) is 18.1 Å². The quantitative estimate of drug-likeness (QED) is 0.834. The van der Waals surface area contributed by atoms with Crippen molar-refractivity contribution in [3.05, 3.63) is 29.8 Å². The van der Waals surface area contributed by atoms with E-state index in [0.717, 1.165) is 12.1 Å². The van der Waals surface area contributed by atoms with Gasteiger partial charge in [0.2, 0.25) is 10.0 Å². The predicted molar refractivity (Wildman–Crippen MR) is 84.5 cm³/mol. The van der Waals surface area contributed by atoms with Gasteiger partial charge in [-0.05, 0) is 58.0 Å². The van der Waals surface area contributed by atoms with E-state index in [0.29, 0.717) is 0 Å². The lowest BCUT2D eigenvalue weighted by atomic mass is 9.75.